The number of aliphatic carboxylic acids is 1. The zero-order chi connectivity index (χ0) is 14.8. The molecule has 0 saturated heterocycles. The van der Waals surface area contributed by atoms with E-state index in [2.05, 4.69) is 0 Å². The van der Waals surface area contributed by atoms with Crippen LogP contribution in [0.3, 0.4) is 0 Å². The van der Waals surface area contributed by atoms with Crippen LogP contribution in [-0.4, -0.2) is 30.4 Å². The van der Waals surface area contributed by atoms with Crippen molar-refractivity contribution in [2.75, 3.05) is 14.2 Å². The lowest BCUT2D eigenvalue weighted by atomic mass is 9.69. The maximum atomic E-state index is 11.9. The minimum Gasteiger partial charge on any atom is -0.508 e. The summed E-state index contributed by atoms with van der Waals surface area (Å²) in [4.78, 5) is 11.9. The summed E-state index contributed by atoms with van der Waals surface area (Å²) in [5, 5.41) is 19.6. The highest BCUT2D eigenvalue weighted by molar-refractivity contribution is 5.83. The van der Waals surface area contributed by atoms with Gasteiger partial charge in [0, 0.05) is 11.6 Å². The van der Waals surface area contributed by atoms with E-state index < -0.39 is 11.4 Å². The fraction of sp³-hybridized carbons (Fsp3) is 0.533. The molecular weight excluding hydrogens is 260 g/mol. The summed E-state index contributed by atoms with van der Waals surface area (Å²) in [6.45, 7) is 0. The zero-order valence-electron chi connectivity index (χ0n) is 11.8. The molecule has 2 N–H and O–H groups in total. The molecule has 0 spiro atoms. The summed E-state index contributed by atoms with van der Waals surface area (Å²) in [6, 6.07) is 2.92. The topological polar surface area (TPSA) is 76.0 Å². The molecule has 0 radical (unpaired) electrons. The Morgan fingerprint density at radius 1 is 1.15 bits per heavy atom. The highest BCUT2D eigenvalue weighted by atomic mass is 16.5. The standard InChI is InChI=1S/C15H20O5/c1-19-12-9-10(16)8-11(13(12)20-2)15(14(17)18)6-4-3-5-7-15/h8-9,16H,3-7H2,1-2H3,(H,17,18). The lowest BCUT2D eigenvalue weighted by Crippen LogP contribution is -2.38. The molecule has 0 bridgehead atoms. The summed E-state index contributed by atoms with van der Waals surface area (Å²) in [5.41, 5.74) is -0.501. The van der Waals surface area contributed by atoms with Crippen LogP contribution < -0.4 is 9.47 Å². The molecule has 1 saturated carbocycles. The maximum Gasteiger partial charge on any atom is 0.314 e. The Hall–Kier alpha value is -1.91. The fourth-order valence-corrected chi connectivity index (χ4v) is 3.06. The van der Waals surface area contributed by atoms with Gasteiger partial charge in [0.2, 0.25) is 0 Å². The van der Waals surface area contributed by atoms with E-state index in [1.54, 1.807) is 0 Å². The number of phenolic OH excluding ortho intramolecular Hbond substituents is 1. The molecule has 5 nitrogen and oxygen atoms in total. The molecule has 0 heterocycles. The van der Waals surface area contributed by atoms with E-state index in [1.165, 1.54) is 26.4 Å². The van der Waals surface area contributed by atoms with Gasteiger partial charge in [0.1, 0.15) is 5.75 Å². The van der Waals surface area contributed by atoms with Crippen LogP contribution >= 0.6 is 0 Å². The van der Waals surface area contributed by atoms with Gasteiger partial charge in [-0.3, -0.25) is 4.79 Å². The first-order valence-corrected chi connectivity index (χ1v) is 6.74. The van der Waals surface area contributed by atoms with Crippen LogP contribution in [0, 0.1) is 0 Å². The second kappa shape index (κ2) is 5.61. The molecule has 1 aromatic rings. The normalized spacial score (nSPS) is 17.5. The molecule has 2 rings (SSSR count). The van der Waals surface area contributed by atoms with Gasteiger partial charge in [0.05, 0.1) is 19.6 Å². The Bertz CT molecular complexity index is 503. The number of hydrogen-bond acceptors (Lipinski definition) is 4. The van der Waals surface area contributed by atoms with Gasteiger partial charge in [0.15, 0.2) is 11.5 Å². The predicted octanol–water partition coefficient (Wildman–Crippen LogP) is 2.70. The second-order valence-corrected chi connectivity index (χ2v) is 5.18. The Kier molecular flexibility index (Phi) is 4.06. The maximum absolute atomic E-state index is 11.9. The van der Waals surface area contributed by atoms with Crippen molar-refractivity contribution in [1.82, 2.24) is 0 Å². The summed E-state index contributed by atoms with van der Waals surface area (Å²) in [6.07, 6.45) is 3.84. The van der Waals surface area contributed by atoms with Crippen molar-refractivity contribution in [2.24, 2.45) is 0 Å². The predicted molar refractivity (Wildman–Crippen MR) is 73.6 cm³/mol. The van der Waals surface area contributed by atoms with E-state index in [4.69, 9.17) is 9.47 Å². The Morgan fingerprint density at radius 3 is 2.30 bits per heavy atom. The number of carboxylic acid groups (broad SMARTS) is 1. The van der Waals surface area contributed by atoms with Crippen molar-refractivity contribution >= 4 is 5.97 Å². The third kappa shape index (κ3) is 2.28. The molecule has 1 fully saturated rings. The molecule has 1 aliphatic carbocycles. The minimum atomic E-state index is -1.00. The van der Waals surface area contributed by atoms with Crippen LogP contribution in [0.4, 0.5) is 0 Å². The number of phenols is 1. The van der Waals surface area contributed by atoms with E-state index in [0.29, 0.717) is 29.9 Å². The van der Waals surface area contributed by atoms with Gasteiger partial charge in [-0.05, 0) is 18.9 Å². The number of carbonyl (C=O) groups is 1. The van der Waals surface area contributed by atoms with E-state index in [-0.39, 0.29) is 5.75 Å². The van der Waals surface area contributed by atoms with Gasteiger partial charge in [0.25, 0.3) is 0 Å². The van der Waals surface area contributed by atoms with Crippen molar-refractivity contribution in [3.05, 3.63) is 17.7 Å². The Morgan fingerprint density at radius 2 is 1.80 bits per heavy atom. The highest BCUT2D eigenvalue weighted by Crippen LogP contribution is 2.48. The van der Waals surface area contributed by atoms with Crippen LogP contribution in [0.2, 0.25) is 0 Å². The Balaban J connectivity index is 2.64. The van der Waals surface area contributed by atoms with Gasteiger partial charge in [-0.2, -0.15) is 0 Å². The van der Waals surface area contributed by atoms with Crippen LogP contribution in [0.5, 0.6) is 17.2 Å². The third-order valence-electron chi connectivity index (χ3n) is 4.10. The number of carboxylic acids is 1. The molecular formula is C15H20O5. The molecule has 1 aliphatic rings. The molecule has 110 valence electrons. The van der Waals surface area contributed by atoms with E-state index in [9.17, 15) is 15.0 Å². The second-order valence-electron chi connectivity index (χ2n) is 5.18. The van der Waals surface area contributed by atoms with Crippen LogP contribution in [0.25, 0.3) is 0 Å². The first-order valence-electron chi connectivity index (χ1n) is 6.74. The summed E-state index contributed by atoms with van der Waals surface area (Å²) < 4.78 is 10.5. The average Bonchev–Trinajstić information content (AvgIpc) is 2.46. The molecule has 1 aromatic carbocycles. The number of rotatable bonds is 4. The number of ether oxygens (including phenoxy) is 2. The van der Waals surface area contributed by atoms with Crippen molar-refractivity contribution < 1.29 is 24.5 Å². The van der Waals surface area contributed by atoms with Gasteiger partial charge < -0.3 is 19.7 Å². The highest BCUT2D eigenvalue weighted by Gasteiger charge is 2.44. The summed E-state index contributed by atoms with van der Waals surface area (Å²) in [5.74, 6) is -0.129. The number of benzene rings is 1. The van der Waals surface area contributed by atoms with Crippen molar-refractivity contribution in [2.45, 2.75) is 37.5 Å². The smallest absolute Gasteiger partial charge is 0.314 e. The minimum absolute atomic E-state index is 0.0103. The quantitative estimate of drug-likeness (QED) is 0.886. The SMILES string of the molecule is COc1cc(O)cc(C2(C(=O)O)CCCCC2)c1OC. The fourth-order valence-electron chi connectivity index (χ4n) is 3.06. The molecule has 20 heavy (non-hydrogen) atoms. The molecule has 0 aromatic heterocycles. The van der Waals surface area contributed by atoms with E-state index in [1.807, 2.05) is 0 Å². The van der Waals surface area contributed by atoms with Crippen molar-refractivity contribution in [3.63, 3.8) is 0 Å². The van der Waals surface area contributed by atoms with Crippen LogP contribution in [-0.2, 0) is 10.2 Å². The lowest BCUT2D eigenvalue weighted by molar-refractivity contribution is -0.145. The first kappa shape index (κ1) is 14.5. The summed E-state index contributed by atoms with van der Waals surface area (Å²) >= 11 is 0. The van der Waals surface area contributed by atoms with Gasteiger partial charge in [-0.1, -0.05) is 19.3 Å². The zero-order valence-corrected chi connectivity index (χ0v) is 11.8. The first-order chi connectivity index (χ1) is 9.55. The van der Waals surface area contributed by atoms with Gasteiger partial charge in [-0.25, -0.2) is 0 Å². The third-order valence-corrected chi connectivity index (χ3v) is 4.10. The molecule has 5 heteroatoms. The molecule has 0 amide bonds. The molecule has 0 atom stereocenters. The van der Waals surface area contributed by atoms with E-state index >= 15 is 0 Å². The van der Waals surface area contributed by atoms with Crippen LogP contribution in [0.1, 0.15) is 37.7 Å². The van der Waals surface area contributed by atoms with Crippen molar-refractivity contribution in [3.8, 4) is 17.2 Å². The van der Waals surface area contributed by atoms with E-state index in [0.717, 1.165) is 19.3 Å². The lowest BCUT2D eigenvalue weighted by Gasteiger charge is -2.35. The summed E-state index contributed by atoms with van der Waals surface area (Å²) in [7, 11) is 2.95. The van der Waals surface area contributed by atoms with Crippen molar-refractivity contribution in [1.29, 1.82) is 0 Å². The number of hydrogen-bond donors (Lipinski definition) is 2. The largest absolute Gasteiger partial charge is 0.508 e. The van der Waals surface area contributed by atoms with Crippen LogP contribution in [0.15, 0.2) is 12.1 Å². The van der Waals surface area contributed by atoms with Gasteiger partial charge >= 0.3 is 5.97 Å². The van der Waals surface area contributed by atoms with Gasteiger partial charge in [-0.15, -0.1) is 0 Å². The molecule has 0 unspecified atom stereocenters. The molecule has 0 aliphatic heterocycles. The Labute approximate surface area is 118 Å². The average molecular weight is 280 g/mol. The number of aromatic hydroxyl groups is 1. The monoisotopic (exact) mass is 280 g/mol. The number of methoxy groups -OCH3 is 2.